The van der Waals surface area contributed by atoms with Crippen LogP contribution in [0.5, 0.6) is 5.75 Å². The first-order valence-corrected chi connectivity index (χ1v) is 9.81. The normalized spacial score (nSPS) is 12.5. The van der Waals surface area contributed by atoms with E-state index in [0.29, 0.717) is 12.2 Å². The molecule has 0 bridgehead atoms. The number of rotatable bonds is 8. The summed E-state index contributed by atoms with van der Waals surface area (Å²) in [5.41, 5.74) is 3.10. The Morgan fingerprint density at radius 1 is 0.833 bits per heavy atom. The van der Waals surface area contributed by atoms with Gasteiger partial charge in [0.05, 0.1) is 7.11 Å². The van der Waals surface area contributed by atoms with Crippen LogP contribution in [0.4, 0.5) is 0 Å². The van der Waals surface area contributed by atoms with Crippen LogP contribution in [-0.4, -0.2) is 31.1 Å². The van der Waals surface area contributed by atoms with E-state index < -0.39 is 18.1 Å². The van der Waals surface area contributed by atoms with Crippen molar-refractivity contribution in [3.05, 3.63) is 90.5 Å². The second-order valence-corrected chi connectivity index (χ2v) is 6.92. The zero-order valence-electron chi connectivity index (χ0n) is 17.1. The highest BCUT2D eigenvalue weighted by atomic mass is 16.5. The van der Waals surface area contributed by atoms with E-state index in [1.54, 1.807) is 6.92 Å². The molecule has 0 aliphatic rings. The van der Waals surface area contributed by atoms with Crippen LogP contribution < -0.4 is 10.1 Å². The number of hydrogen-bond acceptors (Lipinski definition) is 4. The zero-order valence-corrected chi connectivity index (χ0v) is 17.1. The summed E-state index contributed by atoms with van der Waals surface area (Å²) in [5, 5.41) is 2.73. The molecular weight excluding hydrogens is 378 g/mol. The van der Waals surface area contributed by atoms with Crippen LogP contribution in [0.15, 0.2) is 84.9 Å². The van der Waals surface area contributed by atoms with Crippen LogP contribution in [0.25, 0.3) is 11.1 Å². The molecule has 0 aromatic heterocycles. The fourth-order valence-corrected chi connectivity index (χ4v) is 3.09. The number of amides is 1. The highest BCUT2D eigenvalue weighted by molar-refractivity contribution is 5.87. The van der Waals surface area contributed by atoms with E-state index in [-0.39, 0.29) is 5.91 Å². The molecule has 5 heteroatoms. The smallest absolute Gasteiger partial charge is 0.328 e. The van der Waals surface area contributed by atoms with Gasteiger partial charge in [-0.1, -0.05) is 72.8 Å². The van der Waals surface area contributed by atoms with Gasteiger partial charge in [0.1, 0.15) is 11.8 Å². The molecule has 0 heterocycles. The van der Waals surface area contributed by atoms with Crippen LogP contribution in [0.3, 0.4) is 0 Å². The molecular formula is C25H25NO4. The van der Waals surface area contributed by atoms with Gasteiger partial charge in [-0.05, 0) is 35.7 Å². The Morgan fingerprint density at radius 3 is 2.00 bits per heavy atom. The van der Waals surface area contributed by atoms with Crippen LogP contribution >= 0.6 is 0 Å². The van der Waals surface area contributed by atoms with Crippen molar-refractivity contribution in [3.8, 4) is 16.9 Å². The van der Waals surface area contributed by atoms with Gasteiger partial charge in [0, 0.05) is 6.42 Å². The second-order valence-electron chi connectivity index (χ2n) is 6.92. The lowest BCUT2D eigenvalue weighted by molar-refractivity contribution is -0.145. The average molecular weight is 403 g/mol. The third kappa shape index (κ3) is 5.70. The molecule has 0 saturated heterocycles. The first-order chi connectivity index (χ1) is 14.6. The van der Waals surface area contributed by atoms with Crippen molar-refractivity contribution >= 4 is 11.9 Å². The summed E-state index contributed by atoms with van der Waals surface area (Å²) >= 11 is 0. The monoisotopic (exact) mass is 403 g/mol. The van der Waals surface area contributed by atoms with E-state index in [4.69, 9.17) is 9.47 Å². The lowest BCUT2D eigenvalue weighted by Crippen LogP contribution is -2.47. The number of methoxy groups -OCH3 is 1. The molecule has 0 radical (unpaired) electrons. The summed E-state index contributed by atoms with van der Waals surface area (Å²) in [5.74, 6) is -0.296. The third-order valence-electron chi connectivity index (χ3n) is 4.73. The van der Waals surface area contributed by atoms with Gasteiger partial charge >= 0.3 is 5.97 Å². The molecule has 0 aliphatic carbocycles. The minimum atomic E-state index is -0.781. The van der Waals surface area contributed by atoms with E-state index in [1.165, 1.54) is 7.11 Å². The van der Waals surface area contributed by atoms with Crippen molar-refractivity contribution in [2.45, 2.75) is 25.5 Å². The summed E-state index contributed by atoms with van der Waals surface area (Å²) in [6, 6.07) is 26.2. The molecule has 0 spiro atoms. The second kappa shape index (κ2) is 10.3. The molecule has 3 aromatic rings. The molecule has 0 aliphatic heterocycles. The van der Waals surface area contributed by atoms with Gasteiger partial charge in [0.15, 0.2) is 6.10 Å². The van der Waals surface area contributed by atoms with Gasteiger partial charge in [-0.15, -0.1) is 0 Å². The quantitative estimate of drug-likeness (QED) is 0.577. The highest BCUT2D eigenvalue weighted by Crippen LogP contribution is 2.22. The molecule has 0 fully saturated rings. The van der Waals surface area contributed by atoms with Gasteiger partial charge in [0.25, 0.3) is 5.91 Å². The maximum Gasteiger partial charge on any atom is 0.328 e. The third-order valence-corrected chi connectivity index (χ3v) is 4.73. The number of benzene rings is 3. The molecule has 3 aromatic carbocycles. The molecule has 154 valence electrons. The van der Waals surface area contributed by atoms with E-state index in [2.05, 4.69) is 5.32 Å². The van der Waals surface area contributed by atoms with Crippen molar-refractivity contribution in [3.63, 3.8) is 0 Å². The number of ether oxygens (including phenoxy) is 2. The highest BCUT2D eigenvalue weighted by Gasteiger charge is 2.25. The summed E-state index contributed by atoms with van der Waals surface area (Å²) < 4.78 is 10.6. The minimum Gasteiger partial charge on any atom is -0.481 e. The Morgan fingerprint density at radius 2 is 1.40 bits per heavy atom. The predicted molar refractivity (Wildman–Crippen MR) is 116 cm³/mol. The summed E-state index contributed by atoms with van der Waals surface area (Å²) in [4.78, 5) is 24.7. The molecule has 2 unspecified atom stereocenters. The van der Waals surface area contributed by atoms with Crippen LogP contribution in [-0.2, 0) is 20.7 Å². The Kier molecular flexibility index (Phi) is 7.22. The van der Waals surface area contributed by atoms with E-state index in [1.807, 2.05) is 84.9 Å². The van der Waals surface area contributed by atoms with Crippen LogP contribution in [0.1, 0.15) is 12.5 Å². The molecule has 0 saturated carbocycles. The number of esters is 1. The first kappa shape index (κ1) is 21.1. The maximum absolute atomic E-state index is 12.6. The number of hydrogen-bond donors (Lipinski definition) is 1. The van der Waals surface area contributed by atoms with Crippen LogP contribution in [0, 0.1) is 0 Å². The first-order valence-electron chi connectivity index (χ1n) is 9.81. The zero-order chi connectivity index (χ0) is 21.3. The topological polar surface area (TPSA) is 64.6 Å². The molecule has 1 amide bonds. The van der Waals surface area contributed by atoms with E-state index in [9.17, 15) is 9.59 Å². The Balaban J connectivity index is 1.61. The van der Waals surface area contributed by atoms with Crippen molar-refractivity contribution in [1.29, 1.82) is 0 Å². The van der Waals surface area contributed by atoms with Gasteiger partial charge in [-0.25, -0.2) is 4.79 Å². The SMILES string of the molecule is COC(=O)C(Cc1ccccc1)NC(=O)C(C)Oc1ccc(-c2ccccc2)cc1. The lowest BCUT2D eigenvalue weighted by atomic mass is 10.1. The number of carbonyl (C=O) groups is 2. The fraction of sp³-hybridized carbons (Fsp3) is 0.200. The van der Waals surface area contributed by atoms with Gasteiger partial charge in [-0.2, -0.15) is 0 Å². The Bertz CT molecular complexity index is 955. The van der Waals surface area contributed by atoms with Crippen molar-refractivity contribution in [1.82, 2.24) is 5.32 Å². The average Bonchev–Trinajstić information content (AvgIpc) is 2.79. The Hall–Kier alpha value is -3.60. The number of nitrogens with one attached hydrogen (secondary N) is 1. The minimum absolute atomic E-state index is 0.345. The fourth-order valence-electron chi connectivity index (χ4n) is 3.09. The molecule has 1 N–H and O–H groups in total. The largest absolute Gasteiger partial charge is 0.481 e. The molecule has 30 heavy (non-hydrogen) atoms. The Labute approximate surface area is 176 Å². The lowest BCUT2D eigenvalue weighted by Gasteiger charge is -2.20. The van der Waals surface area contributed by atoms with Gasteiger partial charge < -0.3 is 14.8 Å². The van der Waals surface area contributed by atoms with Crippen molar-refractivity contribution in [2.75, 3.05) is 7.11 Å². The standard InChI is InChI=1S/C25H25NO4/c1-18(30-22-15-13-21(14-16-22)20-11-7-4-8-12-20)24(27)26-23(25(28)29-2)17-19-9-5-3-6-10-19/h3-16,18,23H,17H2,1-2H3,(H,26,27). The molecule has 5 nitrogen and oxygen atoms in total. The number of carbonyl (C=O) groups excluding carboxylic acids is 2. The van der Waals surface area contributed by atoms with E-state index in [0.717, 1.165) is 16.7 Å². The van der Waals surface area contributed by atoms with Gasteiger partial charge in [-0.3, -0.25) is 4.79 Å². The van der Waals surface area contributed by atoms with Crippen LogP contribution in [0.2, 0.25) is 0 Å². The van der Waals surface area contributed by atoms with Gasteiger partial charge in [0.2, 0.25) is 0 Å². The van der Waals surface area contributed by atoms with E-state index >= 15 is 0 Å². The summed E-state index contributed by atoms with van der Waals surface area (Å²) in [6.07, 6.45) is -0.423. The van der Waals surface area contributed by atoms with Crippen molar-refractivity contribution in [2.24, 2.45) is 0 Å². The predicted octanol–water partition coefficient (Wildman–Crippen LogP) is 4.02. The maximum atomic E-state index is 12.6. The molecule has 3 rings (SSSR count). The molecule has 2 atom stereocenters. The van der Waals surface area contributed by atoms with Crippen molar-refractivity contribution < 1.29 is 19.1 Å². The summed E-state index contributed by atoms with van der Waals surface area (Å²) in [7, 11) is 1.31. The summed E-state index contributed by atoms with van der Waals surface area (Å²) in [6.45, 7) is 1.65.